The van der Waals surface area contributed by atoms with E-state index in [1.54, 1.807) is 0 Å². The summed E-state index contributed by atoms with van der Waals surface area (Å²) in [5, 5.41) is 14.0. The second-order valence-electron chi connectivity index (χ2n) is 6.35. The van der Waals surface area contributed by atoms with E-state index in [4.69, 9.17) is 4.99 Å². The van der Waals surface area contributed by atoms with E-state index in [1.807, 2.05) is 30.0 Å². The molecule has 0 aliphatic rings. The van der Waals surface area contributed by atoms with Crippen molar-refractivity contribution in [1.82, 2.24) is 25.8 Å². The fourth-order valence-corrected chi connectivity index (χ4v) is 3.63. The minimum Gasteiger partial charge on any atom is -0.357 e. The van der Waals surface area contributed by atoms with Gasteiger partial charge < -0.3 is 10.6 Å². The Hall–Kier alpha value is -2.07. The van der Waals surface area contributed by atoms with Gasteiger partial charge in [0.2, 0.25) is 0 Å². The maximum Gasteiger partial charge on any atom is 0.191 e. The van der Waals surface area contributed by atoms with Gasteiger partial charge in [0.1, 0.15) is 6.33 Å². The quantitative estimate of drug-likeness (QED) is 0.178. The average Bonchev–Trinajstić information content (AvgIpc) is 3.26. The Kier molecular flexibility index (Phi) is 9.99. The minimum absolute atomic E-state index is 0. The van der Waals surface area contributed by atoms with Gasteiger partial charge in [-0.15, -0.1) is 35.7 Å². The molecule has 1 heterocycles. The summed E-state index contributed by atoms with van der Waals surface area (Å²) in [4.78, 5) is 10.2. The summed E-state index contributed by atoms with van der Waals surface area (Å²) in [5.41, 5.74) is 2.13. The lowest BCUT2D eigenvalue weighted by Gasteiger charge is -2.16. The summed E-state index contributed by atoms with van der Waals surface area (Å²) < 4.78 is 0. The number of rotatable bonds is 8. The maximum absolute atomic E-state index is 4.72. The van der Waals surface area contributed by atoms with Gasteiger partial charge in [0.15, 0.2) is 11.8 Å². The van der Waals surface area contributed by atoms with Crippen molar-refractivity contribution < 1.29 is 0 Å². The molecule has 154 valence electrons. The summed E-state index contributed by atoms with van der Waals surface area (Å²) >= 11 is 1.86. The van der Waals surface area contributed by atoms with E-state index in [9.17, 15) is 0 Å². The lowest BCUT2D eigenvalue weighted by atomic mass is 10.1. The molecule has 6 nitrogen and oxygen atoms in total. The normalized spacial score (nSPS) is 12.1. The molecule has 0 saturated heterocycles. The second kappa shape index (κ2) is 12.5. The van der Waals surface area contributed by atoms with Crippen LogP contribution in [0.5, 0.6) is 0 Å². The Morgan fingerprint density at radius 3 is 2.69 bits per heavy atom. The van der Waals surface area contributed by atoms with Crippen molar-refractivity contribution in [3.8, 4) is 11.4 Å². The van der Waals surface area contributed by atoms with Crippen molar-refractivity contribution in [2.24, 2.45) is 4.99 Å². The lowest BCUT2D eigenvalue weighted by Crippen LogP contribution is -2.40. The number of guanidine groups is 1. The first kappa shape index (κ1) is 23.2. The molecule has 0 spiro atoms. The first-order valence-corrected chi connectivity index (χ1v) is 10.3. The second-order valence-corrected chi connectivity index (χ2v) is 7.86. The van der Waals surface area contributed by atoms with Crippen LogP contribution in [0.25, 0.3) is 11.4 Å². The highest BCUT2D eigenvalue weighted by atomic mass is 127. The molecule has 3 aromatic rings. The number of thioether (sulfide) groups is 1. The number of nitrogens with zero attached hydrogens (tertiary/aromatic N) is 3. The zero-order valence-electron chi connectivity index (χ0n) is 16.6. The number of benzene rings is 2. The monoisotopic (exact) mass is 522 g/mol. The van der Waals surface area contributed by atoms with Gasteiger partial charge in [0.25, 0.3) is 0 Å². The molecular formula is C21H27IN6S. The van der Waals surface area contributed by atoms with Crippen LogP contribution in [0.3, 0.4) is 0 Å². The van der Waals surface area contributed by atoms with Crippen LogP contribution in [0.4, 0.5) is 0 Å². The zero-order chi connectivity index (χ0) is 19.6. The highest BCUT2D eigenvalue weighted by Crippen LogP contribution is 2.22. The highest BCUT2D eigenvalue weighted by Gasteiger charge is 2.06. The number of hydrogen-bond donors (Lipinski definition) is 3. The van der Waals surface area contributed by atoms with Crippen molar-refractivity contribution in [3.05, 3.63) is 66.5 Å². The molecule has 0 saturated carbocycles. The summed E-state index contributed by atoms with van der Waals surface area (Å²) in [6.07, 6.45) is 1.52. The number of halogens is 1. The van der Waals surface area contributed by atoms with Gasteiger partial charge in [-0.2, -0.15) is 5.10 Å². The van der Waals surface area contributed by atoms with E-state index in [2.05, 4.69) is 76.1 Å². The van der Waals surface area contributed by atoms with Crippen LogP contribution < -0.4 is 10.6 Å². The Balaban J connectivity index is 0.00000300. The van der Waals surface area contributed by atoms with E-state index < -0.39 is 0 Å². The Bertz CT molecular complexity index is 870. The van der Waals surface area contributed by atoms with Crippen LogP contribution >= 0.6 is 35.7 Å². The summed E-state index contributed by atoms with van der Waals surface area (Å²) in [6, 6.07) is 18.6. The van der Waals surface area contributed by atoms with E-state index in [1.165, 1.54) is 11.2 Å². The summed E-state index contributed by atoms with van der Waals surface area (Å²) in [5.74, 6) is 1.59. The molecule has 0 bridgehead atoms. The molecule has 8 heteroatoms. The molecule has 0 radical (unpaired) electrons. The smallest absolute Gasteiger partial charge is 0.191 e. The third-order valence-electron chi connectivity index (χ3n) is 4.02. The van der Waals surface area contributed by atoms with E-state index in [-0.39, 0.29) is 24.0 Å². The highest BCUT2D eigenvalue weighted by molar-refractivity contribution is 14.0. The first-order valence-electron chi connectivity index (χ1n) is 9.43. The largest absolute Gasteiger partial charge is 0.357 e. The van der Waals surface area contributed by atoms with Gasteiger partial charge in [-0.05, 0) is 30.7 Å². The molecular weight excluding hydrogens is 495 g/mol. The molecule has 0 fully saturated rings. The molecule has 0 amide bonds. The van der Waals surface area contributed by atoms with Crippen LogP contribution in [0, 0.1) is 0 Å². The van der Waals surface area contributed by atoms with E-state index >= 15 is 0 Å². The van der Waals surface area contributed by atoms with Crippen molar-refractivity contribution in [2.45, 2.75) is 30.5 Å². The SMILES string of the molecule is CCNC(=NCc1cccc(-c2ncn[nH]2)c1)NCC(C)Sc1ccccc1.I. The third kappa shape index (κ3) is 7.69. The van der Waals surface area contributed by atoms with Crippen molar-refractivity contribution in [3.63, 3.8) is 0 Å². The van der Waals surface area contributed by atoms with Gasteiger partial charge in [-0.3, -0.25) is 5.10 Å². The topological polar surface area (TPSA) is 78.0 Å². The number of nitrogens with one attached hydrogen (secondary N) is 3. The van der Waals surface area contributed by atoms with E-state index in [0.717, 1.165) is 36.0 Å². The van der Waals surface area contributed by atoms with Gasteiger partial charge in [0.05, 0.1) is 6.54 Å². The van der Waals surface area contributed by atoms with Crippen molar-refractivity contribution in [1.29, 1.82) is 0 Å². The molecule has 1 aromatic heterocycles. The molecule has 0 aliphatic carbocycles. The number of aromatic amines is 1. The van der Waals surface area contributed by atoms with Crippen LogP contribution in [-0.2, 0) is 6.54 Å². The fraction of sp³-hybridized carbons (Fsp3) is 0.286. The predicted molar refractivity (Wildman–Crippen MR) is 132 cm³/mol. The maximum atomic E-state index is 4.72. The van der Waals surface area contributed by atoms with Crippen LogP contribution in [0.1, 0.15) is 19.4 Å². The van der Waals surface area contributed by atoms with Crippen LogP contribution in [0.15, 0.2) is 70.8 Å². The molecule has 29 heavy (non-hydrogen) atoms. The van der Waals surface area contributed by atoms with Gasteiger partial charge in [0, 0.05) is 28.8 Å². The predicted octanol–water partition coefficient (Wildman–Crippen LogP) is 4.33. The Morgan fingerprint density at radius 2 is 1.97 bits per heavy atom. The van der Waals surface area contributed by atoms with Gasteiger partial charge in [-0.25, -0.2) is 9.98 Å². The number of H-pyrrole nitrogens is 1. The molecule has 1 unspecified atom stereocenters. The number of aliphatic imine (C=N–C) groups is 1. The van der Waals surface area contributed by atoms with E-state index in [0.29, 0.717) is 11.8 Å². The molecule has 1 atom stereocenters. The summed E-state index contributed by atoms with van der Waals surface area (Å²) in [7, 11) is 0. The molecule has 0 aliphatic heterocycles. The Labute approximate surface area is 193 Å². The standard InChI is InChI=1S/C21H26N6S.HI/c1-3-22-21(23-13-16(2)28-19-10-5-4-6-11-19)24-14-17-8-7-9-18(12-17)20-25-15-26-27-20;/h4-12,15-16H,3,13-14H2,1-2H3,(H2,22,23,24)(H,25,26,27);1H. The molecule has 3 N–H and O–H groups in total. The van der Waals surface area contributed by atoms with Gasteiger partial charge in [-0.1, -0.05) is 43.3 Å². The summed E-state index contributed by atoms with van der Waals surface area (Å²) in [6.45, 7) is 6.55. The first-order chi connectivity index (χ1) is 13.7. The fourth-order valence-electron chi connectivity index (χ4n) is 2.69. The Morgan fingerprint density at radius 1 is 1.14 bits per heavy atom. The van der Waals surface area contributed by atoms with Crippen molar-refractivity contribution >= 4 is 41.7 Å². The molecule has 3 rings (SSSR count). The van der Waals surface area contributed by atoms with Crippen LogP contribution in [0.2, 0.25) is 0 Å². The lowest BCUT2D eigenvalue weighted by molar-refractivity contribution is 0.794. The number of aromatic nitrogens is 3. The zero-order valence-corrected chi connectivity index (χ0v) is 19.8. The third-order valence-corrected chi connectivity index (χ3v) is 5.13. The minimum atomic E-state index is 0. The molecule has 2 aromatic carbocycles. The van der Waals surface area contributed by atoms with Gasteiger partial charge >= 0.3 is 0 Å². The van der Waals surface area contributed by atoms with Crippen molar-refractivity contribution in [2.75, 3.05) is 13.1 Å². The average molecular weight is 522 g/mol. The number of hydrogen-bond acceptors (Lipinski definition) is 4. The van der Waals surface area contributed by atoms with Crippen LogP contribution in [-0.4, -0.2) is 39.5 Å².